The molecule has 1 aromatic carbocycles. The minimum Gasteiger partial charge on any atom is -0.381 e. The van der Waals surface area contributed by atoms with E-state index in [1.807, 2.05) is 0 Å². The van der Waals surface area contributed by atoms with Gasteiger partial charge in [-0.15, -0.1) is 0 Å². The molecule has 1 aromatic rings. The van der Waals surface area contributed by atoms with Crippen molar-refractivity contribution in [2.45, 2.75) is 23.8 Å². The maximum Gasteiger partial charge on any atom is 0.252 e. The highest BCUT2D eigenvalue weighted by atomic mass is 79.9. The van der Waals surface area contributed by atoms with E-state index in [0.717, 1.165) is 12.1 Å². The SMILES string of the molecule is NS(=O)(=O)c1cc(F)cc(C(=O)NC2CCOCC2)c1Br. The zero-order valence-electron chi connectivity index (χ0n) is 10.9. The third-order valence-corrected chi connectivity index (χ3v) is 5.16. The average molecular weight is 381 g/mol. The van der Waals surface area contributed by atoms with Gasteiger partial charge in [0.05, 0.1) is 14.9 Å². The first-order valence-corrected chi connectivity index (χ1v) is 8.53. The lowest BCUT2D eigenvalue weighted by atomic mass is 10.1. The number of sulfonamides is 1. The maximum absolute atomic E-state index is 13.5. The number of amides is 1. The monoisotopic (exact) mass is 380 g/mol. The Labute approximate surface area is 130 Å². The molecule has 0 unspecified atom stereocenters. The Morgan fingerprint density at radius 3 is 2.57 bits per heavy atom. The Balaban J connectivity index is 2.30. The summed E-state index contributed by atoms with van der Waals surface area (Å²) < 4.78 is 41.5. The van der Waals surface area contributed by atoms with Gasteiger partial charge in [-0.3, -0.25) is 4.79 Å². The number of hydrogen-bond acceptors (Lipinski definition) is 4. The van der Waals surface area contributed by atoms with Gasteiger partial charge in [0.15, 0.2) is 0 Å². The fourth-order valence-electron chi connectivity index (χ4n) is 2.04. The molecular weight excluding hydrogens is 367 g/mol. The smallest absolute Gasteiger partial charge is 0.252 e. The van der Waals surface area contributed by atoms with E-state index in [4.69, 9.17) is 9.88 Å². The fourth-order valence-corrected chi connectivity index (χ4v) is 3.76. The lowest BCUT2D eigenvalue weighted by Gasteiger charge is -2.23. The van der Waals surface area contributed by atoms with Crippen molar-refractivity contribution in [3.8, 4) is 0 Å². The molecule has 1 amide bonds. The van der Waals surface area contributed by atoms with Crippen molar-refractivity contribution < 1.29 is 22.3 Å². The van der Waals surface area contributed by atoms with Gasteiger partial charge in [0.25, 0.3) is 5.91 Å². The van der Waals surface area contributed by atoms with Gasteiger partial charge in [-0.1, -0.05) is 0 Å². The molecular formula is C12H14BrFN2O4S. The largest absolute Gasteiger partial charge is 0.381 e. The summed E-state index contributed by atoms with van der Waals surface area (Å²) in [5.74, 6) is -1.41. The maximum atomic E-state index is 13.5. The second-order valence-electron chi connectivity index (χ2n) is 4.67. The number of benzene rings is 1. The summed E-state index contributed by atoms with van der Waals surface area (Å²) in [4.78, 5) is 11.7. The molecule has 1 heterocycles. The van der Waals surface area contributed by atoms with Crippen molar-refractivity contribution in [2.24, 2.45) is 5.14 Å². The number of hydrogen-bond donors (Lipinski definition) is 2. The second-order valence-corrected chi connectivity index (χ2v) is 6.99. The molecule has 0 spiro atoms. The highest BCUT2D eigenvalue weighted by molar-refractivity contribution is 9.10. The Morgan fingerprint density at radius 2 is 2.00 bits per heavy atom. The van der Waals surface area contributed by atoms with Crippen molar-refractivity contribution in [3.63, 3.8) is 0 Å². The standard InChI is InChI=1S/C12H14BrFN2O4S/c13-11-9(5-7(14)6-10(11)21(15,18)19)12(17)16-8-1-3-20-4-2-8/h5-6,8H,1-4H2,(H,16,17)(H2,15,18,19). The summed E-state index contributed by atoms with van der Waals surface area (Å²) in [6, 6.07) is 1.65. The van der Waals surface area contributed by atoms with Crippen LogP contribution in [0.3, 0.4) is 0 Å². The molecule has 0 saturated carbocycles. The first kappa shape index (κ1) is 16.3. The van der Waals surface area contributed by atoms with E-state index in [1.54, 1.807) is 0 Å². The van der Waals surface area contributed by atoms with Crippen LogP contribution in [-0.4, -0.2) is 33.6 Å². The molecule has 21 heavy (non-hydrogen) atoms. The molecule has 1 saturated heterocycles. The molecule has 0 aliphatic carbocycles. The van der Waals surface area contributed by atoms with E-state index >= 15 is 0 Å². The first-order chi connectivity index (χ1) is 9.79. The quantitative estimate of drug-likeness (QED) is 0.821. The molecule has 3 N–H and O–H groups in total. The summed E-state index contributed by atoms with van der Waals surface area (Å²) in [6.07, 6.45) is 1.31. The minimum atomic E-state index is -4.13. The van der Waals surface area contributed by atoms with Gasteiger partial charge in [-0.2, -0.15) is 0 Å². The Morgan fingerprint density at radius 1 is 1.38 bits per heavy atom. The molecule has 0 bridgehead atoms. The van der Waals surface area contributed by atoms with E-state index in [-0.39, 0.29) is 16.1 Å². The molecule has 2 rings (SSSR count). The van der Waals surface area contributed by atoms with Crippen molar-refractivity contribution >= 4 is 31.9 Å². The third-order valence-electron chi connectivity index (χ3n) is 3.11. The molecule has 0 radical (unpaired) electrons. The third kappa shape index (κ3) is 4.00. The fraction of sp³-hybridized carbons (Fsp3) is 0.417. The molecule has 1 fully saturated rings. The number of halogens is 2. The predicted octanol–water partition coefficient (Wildman–Crippen LogP) is 1.14. The first-order valence-electron chi connectivity index (χ1n) is 6.19. The lowest BCUT2D eigenvalue weighted by Crippen LogP contribution is -2.39. The summed E-state index contributed by atoms with van der Waals surface area (Å²) in [6.45, 7) is 1.08. The number of rotatable bonds is 3. The van der Waals surface area contributed by atoms with Crippen molar-refractivity contribution in [1.82, 2.24) is 5.32 Å². The summed E-state index contributed by atoms with van der Waals surface area (Å²) in [5, 5.41) is 7.74. The summed E-state index contributed by atoms with van der Waals surface area (Å²) >= 11 is 3.01. The van der Waals surface area contributed by atoms with Crippen LogP contribution >= 0.6 is 15.9 Å². The molecule has 6 nitrogen and oxygen atoms in total. The number of carbonyl (C=O) groups excluding carboxylic acids is 1. The van der Waals surface area contributed by atoms with Crippen LogP contribution in [0.2, 0.25) is 0 Å². The van der Waals surface area contributed by atoms with Crippen LogP contribution in [0.5, 0.6) is 0 Å². The molecule has 0 aromatic heterocycles. The molecule has 0 atom stereocenters. The van der Waals surface area contributed by atoms with Gasteiger partial charge in [-0.05, 0) is 40.9 Å². The molecule has 1 aliphatic rings. The van der Waals surface area contributed by atoms with Crippen LogP contribution < -0.4 is 10.5 Å². The zero-order chi connectivity index (χ0) is 15.6. The number of nitrogens with two attached hydrogens (primary N) is 1. The normalized spacial score (nSPS) is 16.7. The summed E-state index contributed by atoms with van der Waals surface area (Å²) in [7, 11) is -4.13. The van der Waals surface area contributed by atoms with Crippen LogP contribution in [0.4, 0.5) is 4.39 Å². The molecule has 116 valence electrons. The molecule has 9 heteroatoms. The highest BCUT2D eigenvalue weighted by Crippen LogP contribution is 2.27. The topological polar surface area (TPSA) is 98.5 Å². The Kier molecular flexibility index (Phi) is 4.97. The van der Waals surface area contributed by atoms with Gasteiger partial charge in [-0.25, -0.2) is 17.9 Å². The van der Waals surface area contributed by atoms with E-state index in [2.05, 4.69) is 21.2 Å². The van der Waals surface area contributed by atoms with Crippen LogP contribution in [-0.2, 0) is 14.8 Å². The van der Waals surface area contributed by atoms with Gasteiger partial charge in [0.2, 0.25) is 10.0 Å². The second kappa shape index (κ2) is 6.39. The van der Waals surface area contributed by atoms with Crippen molar-refractivity contribution in [1.29, 1.82) is 0 Å². The highest BCUT2D eigenvalue weighted by Gasteiger charge is 2.23. The Hall–Kier alpha value is -1.03. The van der Waals surface area contributed by atoms with Gasteiger partial charge >= 0.3 is 0 Å². The predicted molar refractivity (Wildman–Crippen MR) is 76.8 cm³/mol. The van der Waals surface area contributed by atoms with E-state index in [0.29, 0.717) is 26.1 Å². The number of primary sulfonamides is 1. The van der Waals surface area contributed by atoms with Crippen LogP contribution in [0.25, 0.3) is 0 Å². The zero-order valence-corrected chi connectivity index (χ0v) is 13.3. The van der Waals surface area contributed by atoms with Crippen molar-refractivity contribution in [3.05, 3.63) is 28.0 Å². The van der Waals surface area contributed by atoms with Crippen LogP contribution in [0, 0.1) is 5.82 Å². The van der Waals surface area contributed by atoms with E-state index in [9.17, 15) is 17.6 Å². The Bertz CT molecular complexity index is 659. The summed E-state index contributed by atoms with van der Waals surface area (Å²) in [5.41, 5.74) is -0.106. The minimum absolute atomic E-state index is 0.0454. The van der Waals surface area contributed by atoms with Crippen LogP contribution in [0.1, 0.15) is 23.2 Å². The lowest BCUT2D eigenvalue weighted by molar-refractivity contribution is 0.0696. The number of carbonyl (C=O) groups is 1. The number of nitrogens with one attached hydrogen (secondary N) is 1. The van der Waals surface area contributed by atoms with Gasteiger partial charge < -0.3 is 10.1 Å². The van der Waals surface area contributed by atoms with Gasteiger partial charge in [0.1, 0.15) is 5.82 Å². The van der Waals surface area contributed by atoms with Crippen molar-refractivity contribution in [2.75, 3.05) is 13.2 Å². The van der Waals surface area contributed by atoms with E-state index in [1.165, 1.54) is 0 Å². The van der Waals surface area contributed by atoms with E-state index < -0.39 is 26.6 Å². The molecule has 1 aliphatic heterocycles. The van der Waals surface area contributed by atoms with Crippen LogP contribution in [0.15, 0.2) is 21.5 Å². The average Bonchev–Trinajstić information content (AvgIpc) is 2.40. The van der Waals surface area contributed by atoms with Gasteiger partial charge in [0, 0.05) is 19.3 Å². The number of ether oxygens (including phenoxy) is 1.